The predicted octanol–water partition coefficient (Wildman–Crippen LogP) is 2.17. The number of ether oxygens (including phenoxy) is 1. The zero-order valence-electron chi connectivity index (χ0n) is 16.1. The second-order valence-electron chi connectivity index (χ2n) is 6.92. The van der Waals surface area contributed by atoms with Gasteiger partial charge in [0.25, 0.3) is 11.8 Å². The maximum absolute atomic E-state index is 12.2. The molecular formula is C21H23N3O4. The van der Waals surface area contributed by atoms with Crippen LogP contribution < -0.4 is 10.6 Å². The molecule has 0 heterocycles. The van der Waals surface area contributed by atoms with Crippen molar-refractivity contribution in [1.82, 2.24) is 10.6 Å². The maximum Gasteiger partial charge on any atom is 0.325 e. The summed E-state index contributed by atoms with van der Waals surface area (Å²) < 4.78 is 4.86. The summed E-state index contributed by atoms with van der Waals surface area (Å²) in [5.74, 6) is -1.85. The minimum atomic E-state index is -1.05. The van der Waals surface area contributed by atoms with Crippen LogP contribution in [0.2, 0.25) is 0 Å². The summed E-state index contributed by atoms with van der Waals surface area (Å²) in [6.07, 6.45) is 0. The molecule has 0 saturated heterocycles. The second kappa shape index (κ2) is 9.00. The number of amides is 2. The average molecular weight is 381 g/mol. The number of hydrogen-bond acceptors (Lipinski definition) is 5. The number of carbonyl (C=O) groups excluding carboxylic acids is 3. The molecule has 0 aliphatic rings. The average Bonchev–Trinajstić information content (AvgIpc) is 2.69. The van der Waals surface area contributed by atoms with Crippen molar-refractivity contribution >= 4 is 28.6 Å². The van der Waals surface area contributed by atoms with Gasteiger partial charge in [-0.3, -0.25) is 14.4 Å². The van der Waals surface area contributed by atoms with Gasteiger partial charge in [-0.25, -0.2) is 0 Å². The standard InChI is InChI=1S/C21H23N3O4/c1-14(2)21(3,13-22)24-18(25)12-28-19(26)11-23-20(27)17-9-8-15-6-4-5-7-16(15)10-17/h4-10,14H,11-12H2,1-3H3,(H,23,27)(H,24,25)/t21-/m1/s1. The van der Waals surface area contributed by atoms with Crippen LogP contribution in [-0.2, 0) is 14.3 Å². The molecule has 2 amide bonds. The van der Waals surface area contributed by atoms with Gasteiger partial charge in [0.1, 0.15) is 12.1 Å². The number of nitrogens with one attached hydrogen (secondary N) is 2. The van der Waals surface area contributed by atoms with E-state index in [0.717, 1.165) is 10.8 Å². The summed E-state index contributed by atoms with van der Waals surface area (Å²) >= 11 is 0. The molecule has 0 bridgehead atoms. The van der Waals surface area contributed by atoms with Crippen molar-refractivity contribution in [3.8, 4) is 6.07 Å². The minimum absolute atomic E-state index is 0.113. The fraction of sp³-hybridized carbons (Fsp3) is 0.333. The first-order chi connectivity index (χ1) is 13.2. The summed E-state index contributed by atoms with van der Waals surface area (Å²) in [6.45, 7) is 4.32. The Balaban J connectivity index is 1.82. The van der Waals surface area contributed by atoms with E-state index in [1.165, 1.54) is 0 Å². The fourth-order valence-corrected chi connectivity index (χ4v) is 2.41. The van der Waals surface area contributed by atoms with E-state index in [9.17, 15) is 19.6 Å². The number of rotatable bonds is 7. The first kappa shape index (κ1) is 20.9. The SMILES string of the molecule is CC(C)[C@@](C)(C#N)NC(=O)COC(=O)CNC(=O)c1ccc2ccccc2c1. The monoisotopic (exact) mass is 381 g/mol. The minimum Gasteiger partial charge on any atom is -0.454 e. The van der Waals surface area contributed by atoms with Gasteiger partial charge in [0, 0.05) is 5.56 Å². The normalized spacial score (nSPS) is 12.7. The third-order valence-electron chi connectivity index (χ3n) is 4.56. The molecule has 2 aromatic carbocycles. The summed E-state index contributed by atoms with van der Waals surface area (Å²) in [6, 6.07) is 14.9. The van der Waals surface area contributed by atoms with Crippen molar-refractivity contribution in [3.63, 3.8) is 0 Å². The van der Waals surface area contributed by atoms with Gasteiger partial charge in [-0.1, -0.05) is 44.2 Å². The van der Waals surface area contributed by atoms with Crippen LogP contribution in [0.1, 0.15) is 31.1 Å². The molecule has 7 heteroatoms. The molecule has 146 valence electrons. The molecule has 0 aliphatic heterocycles. The van der Waals surface area contributed by atoms with Gasteiger partial charge in [0.05, 0.1) is 6.07 Å². The Morgan fingerprint density at radius 2 is 1.82 bits per heavy atom. The molecule has 0 unspecified atom stereocenters. The molecule has 2 rings (SSSR count). The third-order valence-corrected chi connectivity index (χ3v) is 4.56. The maximum atomic E-state index is 12.2. The highest BCUT2D eigenvalue weighted by Crippen LogP contribution is 2.16. The van der Waals surface area contributed by atoms with E-state index in [1.807, 2.05) is 36.4 Å². The Hall–Kier alpha value is -3.40. The van der Waals surface area contributed by atoms with Gasteiger partial charge in [0.2, 0.25) is 0 Å². The molecule has 28 heavy (non-hydrogen) atoms. The van der Waals surface area contributed by atoms with E-state index in [0.29, 0.717) is 5.56 Å². The zero-order chi connectivity index (χ0) is 20.7. The molecule has 0 aromatic heterocycles. The highest BCUT2D eigenvalue weighted by molar-refractivity contribution is 5.99. The van der Waals surface area contributed by atoms with E-state index in [1.54, 1.807) is 32.9 Å². The van der Waals surface area contributed by atoms with E-state index in [2.05, 4.69) is 10.6 Å². The lowest BCUT2D eigenvalue weighted by Gasteiger charge is -2.27. The van der Waals surface area contributed by atoms with E-state index in [-0.39, 0.29) is 12.5 Å². The second-order valence-corrected chi connectivity index (χ2v) is 6.92. The van der Waals surface area contributed by atoms with Crippen molar-refractivity contribution in [3.05, 3.63) is 48.0 Å². The lowest BCUT2D eigenvalue weighted by Crippen LogP contribution is -2.50. The summed E-state index contributed by atoms with van der Waals surface area (Å²) in [5, 5.41) is 16.1. The van der Waals surface area contributed by atoms with Gasteiger partial charge in [-0.15, -0.1) is 0 Å². The van der Waals surface area contributed by atoms with Crippen molar-refractivity contribution in [2.75, 3.05) is 13.2 Å². The Kier molecular flexibility index (Phi) is 6.72. The zero-order valence-corrected chi connectivity index (χ0v) is 16.1. The van der Waals surface area contributed by atoms with Crippen LogP contribution in [-0.4, -0.2) is 36.5 Å². The van der Waals surface area contributed by atoms with Gasteiger partial charge in [-0.05, 0) is 35.7 Å². The van der Waals surface area contributed by atoms with Crippen LogP contribution in [0.25, 0.3) is 10.8 Å². The lowest BCUT2D eigenvalue weighted by molar-refractivity contribution is -0.147. The van der Waals surface area contributed by atoms with Gasteiger partial charge in [-0.2, -0.15) is 5.26 Å². The predicted molar refractivity (Wildman–Crippen MR) is 104 cm³/mol. The Bertz CT molecular complexity index is 933. The molecule has 1 atom stereocenters. The summed E-state index contributed by atoms with van der Waals surface area (Å²) in [7, 11) is 0. The van der Waals surface area contributed by atoms with Crippen LogP contribution >= 0.6 is 0 Å². The van der Waals surface area contributed by atoms with Crippen LogP contribution in [0.5, 0.6) is 0 Å². The molecule has 0 radical (unpaired) electrons. The van der Waals surface area contributed by atoms with Crippen LogP contribution in [0.4, 0.5) is 0 Å². The summed E-state index contributed by atoms with van der Waals surface area (Å²) in [5.41, 5.74) is -0.626. The highest BCUT2D eigenvalue weighted by atomic mass is 16.5. The number of carbonyl (C=O) groups is 3. The quantitative estimate of drug-likeness (QED) is 0.715. The molecule has 0 spiro atoms. The number of nitriles is 1. The molecule has 2 N–H and O–H groups in total. The molecular weight excluding hydrogens is 358 g/mol. The van der Waals surface area contributed by atoms with Gasteiger partial charge >= 0.3 is 5.97 Å². The van der Waals surface area contributed by atoms with E-state index in [4.69, 9.17) is 4.74 Å². The Labute approximate surface area is 163 Å². The van der Waals surface area contributed by atoms with Crippen molar-refractivity contribution < 1.29 is 19.1 Å². The Morgan fingerprint density at radius 1 is 1.14 bits per heavy atom. The highest BCUT2D eigenvalue weighted by Gasteiger charge is 2.30. The van der Waals surface area contributed by atoms with Crippen LogP contribution in [0, 0.1) is 17.2 Å². The smallest absolute Gasteiger partial charge is 0.325 e. The first-order valence-corrected chi connectivity index (χ1v) is 8.90. The Morgan fingerprint density at radius 3 is 2.46 bits per heavy atom. The largest absolute Gasteiger partial charge is 0.454 e. The lowest BCUT2D eigenvalue weighted by atomic mass is 9.90. The van der Waals surface area contributed by atoms with Crippen LogP contribution in [0.3, 0.4) is 0 Å². The fourth-order valence-electron chi connectivity index (χ4n) is 2.41. The van der Waals surface area contributed by atoms with Crippen molar-refractivity contribution in [1.29, 1.82) is 5.26 Å². The number of hydrogen-bond donors (Lipinski definition) is 2. The van der Waals surface area contributed by atoms with Gasteiger partial charge in [0.15, 0.2) is 6.61 Å². The van der Waals surface area contributed by atoms with E-state index >= 15 is 0 Å². The number of nitrogens with zero attached hydrogens (tertiary/aromatic N) is 1. The van der Waals surface area contributed by atoms with Gasteiger partial charge < -0.3 is 15.4 Å². The number of esters is 1. The first-order valence-electron chi connectivity index (χ1n) is 8.90. The van der Waals surface area contributed by atoms with Crippen molar-refractivity contribution in [2.24, 2.45) is 5.92 Å². The number of fused-ring (bicyclic) bond motifs is 1. The molecule has 0 fully saturated rings. The molecule has 7 nitrogen and oxygen atoms in total. The topological polar surface area (TPSA) is 108 Å². The summed E-state index contributed by atoms with van der Waals surface area (Å²) in [4.78, 5) is 35.9. The molecule has 2 aromatic rings. The molecule has 0 saturated carbocycles. The van der Waals surface area contributed by atoms with Crippen LogP contribution in [0.15, 0.2) is 42.5 Å². The third kappa shape index (κ3) is 5.30. The van der Waals surface area contributed by atoms with E-state index < -0.39 is 29.9 Å². The number of benzene rings is 2. The molecule has 0 aliphatic carbocycles. The van der Waals surface area contributed by atoms with Crippen molar-refractivity contribution in [2.45, 2.75) is 26.3 Å².